The van der Waals surface area contributed by atoms with Gasteiger partial charge in [0.25, 0.3) is 5.56 Å². The van der Waals surface area contributed by atoms with Crippen LogP contribution in [0.2, 0.25) is 23.2 Å². The minimum absolute atomic E-state index is 0.0212. The number of aliphatic hydroxyl groups is 1. The summed E-state index contributed by atoms with van der Waals surface area (Å²) in [5, 5.41) is 11.0. The van der Waals surface area contributed by atoms with Crippen LogP contribution in [0.3, 0.4) is 0 Å². The van der Waals surface area contributed by atoms with E-state index in [0.717, 1.165) is 16.5 Å². The topological polar surface area (TPSA) is 78.5 Å². The Morgan fingerprint density at radius 1 is 0.938 bits per heavy atom. The van der Waals surface area contributed by atoms with E-state index in [1.54, 1.807) is 36.1 Å². The molecule has 0 saturated heterocycles. The molecule has 0 aliphatic rings. The second-order valence-electron chi connectivity index (χ2n) is 13.0. The van der Waals surface area contributed by atoms with Crippen molar-refractivity contribution in [2.75, 3.05) is 13.7 Å². The first kappa shape index (κ1) is 37.2. The Morgan fingerprint density at radius 2 is 1.54 bits per heavy atom. The van der Waals surface area contributed by atoms with Crippen LogP contribution in [0.15, 0.2) is 66.0 Å². The van der Waals surface area contributed by atoms with Crippen molar-refractivity contribution >= 4 is 19.9 Å². The number of imidazole rings is 1. The molecule has 4 rings (SSSR count). The van der Waals surface area contributed by atoms with Crippen LogP contribution >= 0.6 is 11.6 Å². The average molecular weight is 716 g/mol. The summed E-state index contributed by atoms with van der Waals surface area (Å²) in [7, 11) is -1.24. The van der Waals surface area contributed by atoms with Crippen LogP contribution in [0.25, 0.3) is 5.69 Å². The predicted molar refractivity (Wildman–Crippen MR) is 172 cm³/mol. The van der Waals surface area contributed by atoms with Crippen molar-refractivity contribution in [3.8, 4) is 11.4 Å². The number of methoxy groups -OCH3 is 1. The fraction of sp³-hybridized carbons (Fsp3) is 0.394. The monoisotopic (exact) mass is 715 g/mol. The Kier molecular flexibility index (Phi) is 10.4. The molecule has 4 aromatic rings. The molecule has 0 aliphatic heterocycles. The zero-order valence-electron chi connectivity index (χ0n) is 27.3. The van der Waals surface area contributed by atoms with Crippen LogP contribution in [0.4, 0.5) is 26.3 Å². The van der Waals surface area contributed by atoms with Crippen molar-refractivity contribution in [2.24, 2.45) is 0 Å². The maximum Gasteiger partial charge on any atom is 0.416 e. The lowest BCUT2D eigenvalue weighted by Gasteiger charge is -2.37. The molecule has 0 bridgehead atoms. The third-order valence-corrected chi connectivity index (χ3v) is 13.3. The summed E-state index contributed by atoms with van der Waals surface area (Å²) in [6, 6.07) is 5.56. The number of alkyl halides is 6. The largest absolute Gasteiger partial charge is 0.495 e. The van der Waals surface area contributed by atoms with E-state index in [2.05, 4.69) is 4.98 Å². The molecule has 0 saturated carbocycles. The van der Waals surface area contributed by atoms with Gasteiger partial charge in [-0.3, -0.25) is 4.79 Å². The molecule has 2 unspecified atom stereocenters. The molecular formula is C33H36ClF6N3O4Si. The number of hydrogen-bond acceptors (Lipinski definition) is 5. The highest BCUT2D eigenvalue weighted by molar-refractivity contribution is 6.74. The number of nitrogens with zero attached hydrogens (tertiary/aromatic N) is 3. The first-order valence-corrected chi connectivity index (χ1v) is 18.0. The minimum Gasteiger partial charge on any atom is -0.495 e. The van der Waals surface area contributed by atoms with Crippen LogP contribution in [0.1, 0.15) is 66.4 Å². The fourth-order valence-electron chi connectivity index (χ4n) is 4.84. The number of aryl methyl sites for hydroxylation is 1. The first-order valence-electron chi connectivity index (χ1n) is 14.8. The van der Waals surface area contributed by atoms with E-state index in [0.29, 0.717) is 23.6 Å². The van der Waals surface area contributed by atoms with Gasteiger partial charge in [0.15, 0.2) is 8.32 Å². The van der Waals surface area contributed by atoms with Crippen molar-refractivity contribution in [1.29, 1.82) is 0 Å². The first-order chi connectivity index (χ1) is 22.0. The van der Waals surface area contributed by atoms with Gasteiger partial charge in [0, 0.05) is 12.4 Å². The summed E-state index contributed by atoms with van der Waals surface area (Å²) in [4.78, 5) is 18.3. The van der Waals surface area contributed by atoms with Gasteiger partial charge in [-0.15, -0.1) is 0 Å². The van der Waals surface area contributed by atoms with Gasteiger partial charge in [0.2, 0.25) is 0 Å². The molecule has 0 spiro atoms. The van der Waals surface area contributed by atoms with Gasteiger partial charge in [0.1, 0.15) is 11.9 Å². The van der Waals surface area contributed by atoms with Gasteiger partial charge in [0.05, 0.1) is 59.2 Å². The van der Waals surface area contributed by atoms with Gasteiger partial charge in [-0.05, 0) is 72.6 Å². The molecule has 2 atom stereocenters. The normalized spacial score (nSPS) is 14.2. The lowest BCUT2D eigenvalue weighted by atomic mass is 9.98. The standard InChI is InChI=1S/C33H36ClF6N3O4Si/c1-19-15-42(18-41-19)26-9-8-20(12-28(26)46-5)29(44)25-14-24(34)16-43(30(25)45)27(17-47-48(6,7)31(2,3)4)21-10-22(32(35,36)37)13-23(11-21)33(38,39)40/h8-16,18,27,29,44H,17H2,1-7H3. The summed E-state index contributed by atoms with van der Waals surface area (Å²) >= 11 is 6.42. The number of aliphatic hydroxyl groups excluding tert-OH is 1. The summed E-state index contributed by atoms with van der Waals surface area (Å²) in [6.07, 6.45) is -7.41. The molecule has 0 fully saturated rings. The molecule has 1 N–H and O–H groups in total. The van der Waals surface area contributed by atoms with Crippen LogP contribution < -0.4 is 10.3 Å². The molecule has 0 amide bonds. The Bertz CT molecular complexity index is 1810. The molecule has 2 aromatic carbocycles. The van der Waals surface area contributed by atoms with Crippen LogP contribution in [-0.4, -0.2) is 41.3 Å². The SMILES string of the molecule is COc1cc(C(O)c2cc(Cl)cn(C(CO[Si](C)(C)C(C)(C)C)c3cc(C(F)(F)F)cc(C(F)(F)F)c3)c2=O)ccc1-n1cnc(C)c1. The lowest BCUT2D eigenvalue weighted by molar-refractivity contribution is -0.143. The Labute approximate surface area is 279 Å². The predicted octanol–water partition coefficient (Wildman–Crippen LogP) is 8.73. The van der Waals surface area contributed by atoms with Gasteiger partial charge < -0.3 is 23.4 Å². The van der Waals surface area contributed by atoms with Crippen molar-refractivity contribution < 1.29 is 40.6 Å². The maximum absolute atomic E-state index is 14.1. The van der Waals surface area contributed by atoms with Gasteiger partial charge >= 0.3 is 12.4 Å². The molecule has 48 heavy (non-hydrogen) atoms. The summed E-state index contributed by atoms with van der Waals surface area (Å²) in [5.74, 6) is 0.329. The van der Waals surface area contributed by atoms with E-state index < -0.39 is 61.7 Å². The second-order valence-corrected chi connectivity index (χ2v) is 18.3. The van der Waals surface area contributed by atoms with E-state index in [4.69, 9.17) is 20.8 Å². The smallest absolute Gasteiger partial charge is 0.416 e. The quantitative estimate of drug-likeness (QED) is 0.139. The summed E-state index contributed by atoms with van der Waals surface area (Å²) < 4.78 is 97.8. The summed E-state index contributed by atoms with van der Waals surface area (Å²) in [5.41, 5.74) is -3.17. The van der Waals surface area contributed by atoms with Crippen molar-refractivity contribution in [3.05, 3.63) is 110 Å². The number of aromatic nitrogens is 3. The third-order valence-electron chi connectivity index (χ3n) is 8.58. The molecule has 7 nitrogen and oxygen atoms in total. The zero-order valence-corrected chi connectivity index (χ0v) is 29.1. The lowest BCUT2D eigenvalue weighted by Crippen LogP contribution is -2.43. The minimum atomic E-state index is -5.12. The highest BCUT2D eigenvalue weighted by Crippen LogP contribution is 2.40. The van der Waals surface area contributed by atoms with Crippen LogP contribution in [-0.2, 0) is 16.8 Å². The number of rotatable bonds is 9. The molecule has 2 heterocycles. The molecule has 0 aliphatic carbocycles. The van der Waals surface area contributed by atoms with E-state index >= 15 is 0 Å². The molecule has 0 radical (unpaired) electrons. The fourth-order valence-corrected chi connectivity index (χ4v) is 6.07. The van der Waals surface area contributed by atoms with E-state index in [9.17, 15) is 36.2 Å². The Morgan fingerprint density at radius 3 is 2.04 bits per heavy atom. The number of benzene rings is 2. The molecule has 2 aromatic heterocycles. The molecule has 260 valence electrons. The number of ether oxygens (including phenoxy) is 1. The van der Waals surface area contributed by atoms with E-state index in [1.165, 1.54) is 19.2 Å². The second kappa shape index (κ2) is 13.4. The zero-order chi connectivity index (χ0) is 36.0. The van der Waals surface area contributed by atoms with Crippen molar-refractivity contribution in [3.63, 3.8) is 0 Å². The van der Waals surface area contributed by atoms with Crippen molar-refractivity contribution in [2.45, 2.75) is 70.3 Å². The molecular weight excluding hydrogens is 680 g/mol. The average Bonchev–Trinajstić information content (AvgIpc) is 3.42. The Hall–Kier alpha value is -3.59. The van der Waals surface area contributed by atoms with Crippen molar-refractivity contribution in [1.82, 2.24) is 14.1 Å². The number of halogens is 7. The van der Waals surface area contributed by atoms with Gasteiger partial charge in [-0.25, -0.2) is 4.98 Å². The number of pyridine rings is 1. The highest BCUT2D eigenvalue weighted by Gasteiger charge is 2.40. The van der Waals surface area contributed by atoms with Gasteiger partial charge in [-0.1, -0.05) is 38.4 Å². The summed E-state index contributed by atoms with van der Waals surface area (Å²) in [6.45, 7) is 10.8. The molecule has 15 heteroatoms. The maximum atomic E-state index is 14.1. The van der Waals surface area contributed by atoms with Crippen LogP contribution in [0.5, 0.6) is 5.75 Å². The van der Waals surface area contributed by atoms with E-state index in [-0.39, 0.29) is 27.3 Å². The van der Waals surface area contributed by atoms with E-state index in [1.807, 2.05) is 33.9 Å². The van der Waals surface area contributed by atoms with Gasteiger partial charge in [-0.2, -0.15) is 26.3 Å². The van der Waals surface area contributed by atoms with Crippen LogP contribution in [0, 0.1) is 6.92 Å². The highest BCUT2D eigenvalue weighted by atomic mass is 35.5. The third kappa shape index (κ3) is 7.99. The Balaban J connectivity index is 1.90. The number of hydrogen-bond donors (Lipinski definition) is 1.